The van der Waals surface area contributed by atoms with Gasteiger partial charge in [-0.2, -0.15) is 0 Å². The Labute approximate surface area is 125 Å². The van der Waals surface area contributed by atoms with Crippen molar-refractivity contribution in [3.63, 3.8) is 0 Å². The van der Waals surface area contributed by atoms with E-state index < -0.39 is 9.04 Å². The summed E-state index contributed by atoms with van der Waals surface area (Å²) in [4.78, 5) is 0. The van der Waals surface area contributed by atoms with Crippen molar-refractivity contribution in [2.75, 3.05) is 0 Å². The van der Waals surface area contributed by atoms with Gasteiger partial charge in [0.2, 0.25) is 9.04 Å². The van der Waals surface area contributed by atoms with Crippen LogP contribution in [0.3, 0.4) is 0 Å². The fraction of sp³-hybridized carbons (Fsp3) is 0.444. The monoisotopic (exact) mass is 286 g/mol. The fourth-order valence-corrected chi connectivity index (χ4v) is 4.81. The summed E-state index contributed by atoms with van der Waals surface area (Å²) >= 11 is 0. The molecule has 0 bridgehead atoms. The molecule has 0 N–H and O–H groups in total. The normalized spacial score (nSPS) is 13.6. The average Bonchev–Trinajstić information content (AvgIpc) is 2.45. The summed E-state index contributed by atoms with van der Waals surface area (Å²) < 4.78 is 6.49. The van der Waals surface area contributed by atoms with Crippen LogP contribution in [-0.4, -0.2) is 14.6 Å². The SMILES string of the molecule is CC#CCC(C)(C)O[SiH](C/C(C)=C/C)c1ccccc1. The molecule has 0 spiro atoms. The van der Waals surface area contributed by atoms with Gasteiger partial charge in [0, 0.05) is 6.42 Å². The molecular formula is C18H26OSi. The minimum absolute atomic E-state index is 0.177. The van der Waals surface area contributed by atoms with E-state index in [1.807, 2.05) is 6.92 Å². The predicted molar refractivity (Wildman–Crippen MR) is 90.7 cm³/mol. The van der Waals surface area contributed by atoms with Crippen molar-refractivity contribution in [2.45, 2.75) is 52.7 Å². The molecule has 0 saturated carbocycles. The molecule has 2 heteroatoms. The summed E-state index contributed by atoms with van der Waals surface area (Å²) in [5.41, 5.74) is 1.23. The maximum Gasteiger partial charge on any atom is 0.212 e. The topological polar surface area (TPSA) is 9.23 Å². The maximum atomic E-state index is 6.49. The first-order valence-corrected chi connectivity index (χ1v) is 9.09. The first-order valence-electron chi connectivity index (χ1n) is 7.22. The molecule has 0 saturated heterocycles. The van der Waals surface area contributed by atoms with E-state index in [0.29, 0.717) is 0 Å². The van der Waals surface area contributed by atoms with Gasteiger partial charge in [-0.1, -0.05) is 42.0 Å². The Kier molecular flexibility index (Phi) is 6.77. The predicted octanol–water partition coefficient (Wildman–Crippen LogP) is 3.79. The minimum Gasteiger partial charge on any atom is -0.409 e. The van der Waals surface area contributed by atoms with Crippen molar-refractivity contribution in [3.05, 3.63) is 42.0 Å². The molecule has 0 radical (unpaired) electrons. The van der Waals surface area contributed by atoms with Crippen molar-refractivity contribution in [1.82, 2.24) is 0 Å². The Bertz CT molecular complexity index is 491. The molecule has 1 rings (SSSR count). The van der Waals surface area contributed by atoms with Gasteiger partial charge in [0.15, 0.2) is 0 Å². The lowest BCUT2D eigenvalue weighted by molar-refractivity contribution is 0.116. The van der Waals surface area contributed by atoms with E-state index in [9.17, 15) is 0 Å². The van der Waals surface area contributed by atoms with E-state index in [4.69, 9.17) is 4.43 Å². The molecular weight excluding hydrogens is 260 g/mol. The quantitative estimate of drug-likeness (QED) is 0.439. The Hall–Kier alpha value is -1.30. The van der Waals surface area contributed by atoms with E-state index in [-0.39, 0.29) is 5.60 Å². The number of hydrogen-bond donors (Lipinski definition) is 0. The zero-order chi connectivity index (χ0) is 15.0. The average molecular weight is 286 g/mol. The standard InChI is InChI=1S/C18H26OSi/c1-6-8-14-18(4,5)19-20(15-16(3)7-2)17-12-10-9-11-13-17/h7,9-13,20H,14-15H2,1-5H3/b16-7+. The molecule has 1 aromatic rings. The Balaban J connectivity index is 2.90. The van der Waals surface area contributed by atoms with Crippen molar-refractivity contribution in [2.24, 2.45) is 0 Å². The molecule has 0 aliphatic carbocycles. The van der Waals surface area contributed by atoms with Gasteiger partial charge in [-0.15, -0.1) is 11.8 Å². The van der Waals surface area contributed by atoms with Crippen molar-refractivity contribution >= 4 is 14.2 Å². The Morgan fingerprint density at radius 1 is 1.30 bits per heavy atom. The van der Waals surface area contributed by atoms with Gasteiger partial charge in [0.1, 0.15) is 0 Å². The van der Waals surface area contributed by atoms with E-state index in [1.165, 1.54) is 10.8 Å². The summed E-state index contributed by atoms with van der Waals surface area (Å²) in [7, 11) is -1.47. The smallest absolute Gasteiger partial charge is 0.212 e. The first kappa shape index (κ1) is 16.8. The molecule has 0 heterocycles. The van der Waals surface area contributed by atoms with Crippen LogP contribution in [0, 0.1) is 11.8 Å². The highest BCUT2D eigenvalue weighted by molar-refractivity contribution is 6.68. The van der Waals surface area contributed by atoms with Gasteiger partial charge >= 0.3 is 0 Å². The summed E-state index contributed by atoms with van der Waals surface area (Å²) in [5.74, 6) is 6.11. The number of benzene rings is 1. The molecule has 1 unspecified atom stereocenters. The minimum atomic E-state index is -1.47. The first-order chi connectivity index (χ1) is 9.48. The fourth-order valence-electron chi connectivity index (χ4n) is 2.03. The largest absolute Gasteiger partial charge is 0.409 e. The lowest BCUT2D eigenvalue weighted by Gasteiger charge is -2.29. The second-order valence-electron chi connectivity index (χ2n) is 5.72. The number of allylic oxidation sites excluding steroid dienone is 2. The molecule has 1 atom stereocenters. The van der Waals surface area contributed by atoms with Crippen LogP contribution in [-0.2, 0) is 4.43 Å². The summed E-state index contributed by atoms with van der Waals surface area (Å²) in [6, 6.07) is 11.7. The molecule has 20 heavy (non-hydrogen) atoms. The van der Waals surface area contributed by atoms with Gasteiger partial charge in [-0.05, 0) is 45.8 Å². The van der Waals surface area contributed by atoms with Crippen molar-refractivity contribution in [3.8, 4) is 11.8 Å². The van der Waals surface area contributed by atoms with Crippen LogP contribution in [0.4, 0.5) is 0 Å². The van der Waals surface area contributed by atoms with E-state index in [2.05, 4.69) is 75.9 Å². The lowest BCUT2D eigenvalue weighted by atomic mass is 10.1. The van der Waals surface area contributed by atoms with E-state index in [1.54, 1.807) is 0 Å². The van der Waals surface area contributed by atoms with Gasteiger partial charge < -0.3 is 4.43 Å². The van der Waals surface area contributed by atoms with Crippen molar-refractivity contribution < 1.29 is 4.43 Å². The van der Waals surface area contributed by atoms with Crippen LogP contribution < -0.4 is 5.19 Å². The second-order valence-corrected chi connectivity index (χ2v) is 8.01. The zero-order valence-electron chi connectivity index (χ0n) is 13.4. The molecule has 0 fully saturated rings. The maximum absolute atomic E-state index is 6.49. The summed E-state index contributed by atoms with van der Waals surface area (Å²) in [6.07, 6.45) is 2.97. The molecule has 0 amide bonds. The van der Waals surface area contributed by atoms with E-state index in [0.717, 1.165) is 12.5 Å². The highest BCUT2D eigenvalue weighted by Crippen LogP contribution is 2.18. The van der Waals surface area contributed by atoms with Gasteiger partial charge in [-0.25, -0.2) is 0 Å². The number of hydrogen-bond acceptors (Lipinski definition) is 1. The van der Waals surface area contributed by atoms with E-state index >= 15 is 0 Å². The second kappa shape index (κ2) is 8.09. The van der Waals surface area contributed by atoms with Crippen LogP contribution in [0.2, 0.25) is 6.04 Å². The number of rotatable bonds is 6. The third-order valence-electron chi connectivity index (χ3n) is 3.32. The molecule has 1 aromatic carbocycles. The van der Waals surface area contributed by atoms with Gasteiger partial charge in [0.05, 0.1) is 5.60 Å². The third-order valence-corrected chi connectivity index (χ3v) is 6.39. The summed E-state index contributed by atoms with van der Waals surface area (Å²) in [6.45, 7) is 10.5. The molecule has 0 aliphatic rings. The highest BCUT2D eigenvalue weighted by Gasteiger charge is 2.25. The van der Waals surface area contributed by atoms with Crippen LogP contribution in [0.15, 0.2) is 42.0 Å². The molecule has 108 valence electrons. The van der Waals surface area contributed by atoms with Crippen LogP contribution in [0.5, 0.6) is 0 Å². The van der Waals surface area contributed by atoms with Crippen LogP contribution >= 0.6 is 0 Å². The lowest BCUT2D eigenvalue weighted by Crippen LogP contribution is -2.41. The van der Waals surface area contributed by atoms with Crippen LogP contribution in [0.25, 0.3) is 0 Å². The van der Waals surface area contributed by atoms with Crippen LogP contribution in [0.1, 0.15) is 41.0 Å². The highest BCUT2D eigenvalue weighted by atomic mass is 28.3. The van der Waals surface area contributed by atoms with Gasteiger partial charge in [0.25, 0.3) is 0 Å². The molecule has 1 nitrogen and oxygen atoms in total. The van der Waals surface area contributed by atoms with Crippen molar-refractivity contribution in [1.29, 1.82) is 0 Å². The zero-order valence-corrected chi connectivity index (χ0v) is 14.5. The summed E-state index contributed by atoms with van der Waals surface area (Å²) in [5, 5.41) is 1.37. The third kappa shape index (κ3) is 5.77. The molecule has 0 aliphatic heterocycles. The molecule has 0 aromatic heterocycles. The Morgan fingerprint density at radius 2 is 1.95 bits per heavy atom. The Morgan fingerprint density at radius 3 is 2.50 bits per heavy atom. The van der Waals surface area contributed by atoms with Gasteiger partial charge in [-0.3, -0.25) is 0 Å².